The van der Waals surface area contributed by atoms with E-state index in [0.29, 0.717) is 15.9 Å². The predicted molar refractivity (Wildman–Crippen MR) is 80.7 cm³/mol. The molecule has 0 radical (unpaired) electrons. The molecule has 0 bridgehead atoms. The van der Waals surface area contributed by atoms with Crippen molar-refractivity contribution in [2.24, 2.45) is 0 Å². The maximum Gasteiger partial charge on any atom is 0.166 e. The van der Waals surface area contributed by atoms with E-state index in [1.807, 2.05) is 0 Å². The van der Waals surface area contributed by atoms with Crippen LogP contribution in [0.15, 0.2) is 48.8 Å². The molecule has 1 heterocycles. The Labute approximate surface area is 130 Å². The first-order valence-corrected chi connectivity index (χ1v) is 6.79. The van der Waals surface area contributed by atoms with Crippen LogP contribution in [0.5, 0.6) is 0 Å². The summed E-state index contributed by atoms with van der Waals surface area (Å²) in [5, 5.41) is 0.944. The Morgan fingerprint density at radius 3 is 2.19 bits per heavy atom. The average Bonchev–Trinajstić information content (AvgIpc) is 2.48. The number of hydrogen-bond acceptors (Lipinski definition) is 3. The summed E-state index contributed by atoms with van der Waals surface area (Å²) >= 11 is 11.6. The number of aromatic nitrogens is 3. The van der Waals surface area contributed by atoms with E-state index >= 15 is 0 Å². The summed E-state index contributed by atoms with van der Waals surface area (Å²) in [6.45, 7) is 0. The first kappa shape index (κ1) is 13.9. The molecule has 3 aromatic rings. The van der Waals surface area contributed by atoms with Crippen LogP contribution in [-0.4, -0.2) is 15.0 Å². The van der Waals surface area contributed by atoms with Gasteiger partial charge < -0.3 is 0 Å². The molecule has 0 fully saturated rings. The van der Waals surface area contributed by atoms with Gasteiger partial charge in [0.2, 0.25) is 0 Å². The monoisotopic (exact) mass is 319 g/mol. The summed E-state index contributed by atoms with van der Waals surface area (Å²) in [5.74, 6) is 0.228. The fraction of sp³-hybridized carbons (Fsp3) is 0. The highest BCUT2D eigenvalue weighted by Gasteiger charge is 2.10. The summed E-state index contributed by atoms with van der Waals surface area (Å²) in [4.78, 5) is 12.4. The molecule has 3 rings (SSSR count). The summed E-state index contributed by atoms with van der Waals surface area (Å²) in [7, 11) is 0. The molecule has 0 saturated carbocycles. The second-order valence-electron chi connectivity index (χ2n) is 4.26. The van der Waals surface area contributed by atoms with Crippen LogP contribution < -0.4 is 0 Å². The van der Waals surface area contributed by atoms with Crippen LogP contribution in [0.25, 0.3) is 22.8 Å². The third-order valence-corrected chi connectivity index (χ3v) is 3.33. The van der Waals surface area contributed by atoms with Crippen molar-refractivity contribution in [3.8, 4) is 22.8 Å². The topological polar surface area (TPSA) is 38.7 Å². The largest absolute Gasteiger partial charge is 0.217 e. The molecular weight excluding hydrogens is 312 g/mol. The van der Waals surface area contributed by atoms with E-state index < -0.39 is 5.82 Å². The van der Waals surface area contributed by atoms with Crippen LogP contribution in [0.4, 0.5) is 4.39 Å². The summed E-state index contributed by atoms with van der Waals surface area (Å²) in [6, 6.07) is 11.4. The first-order valence-electron chi connectivity index (χ1n) is 6.04. The van der Waals surface area contributed by atoms with E-state index in [9.17, 15) is 4.39 Å². The molecule has 1 aromatic heterocycles. The first-order chi connectivity index (χ1) is 10.1. The van der Waals surface area contributed by atoms with Gasteiger partial charge in [0.15, 0.2) is 11.6 Å². The highest BCUT2D eigenvalue weighted by atomic mass is 35.5. The molecule has 0 aliphatic rings. The van der Waals surface area contributed by atoms with Crippen molar-refractivity contribution >= 4 is 23.2 Å². The molecule has 0 spiro atoms. The van der Waals surface area contributed by atoms with E-state index in [1.165, 1.54) is 12.4 Å². The van der Waals surface area contributed by atoms with Crippen molar-refractivity contribution in [1.82, 2.24) is 15.0 Å². The normalized spacial score (nSPS) is 10.6. The lowest BCUT2D eigenvalue weighted by Gasteiger charge is -2.04. The number of rotatable bonds is 2. The smallest absolute Gasteiger partial charge is 0.166 e. The Balaban J connectivity index is 2.05. The minimum absolute atomic E-state index is 0.254. The second kappa shape index (κ2) is 5.76. The molecule has 0 amide bonds. The third kappa shape index (κ3) is 3.01. The molecule has 104 valence electrons. The Kier molecular flexibility index (Phi) is 3.82. The summed E-state index contributed by atoms with van der Waals surface area (Å²) in [6.07, 6.45) is 1.35. The maximum atomic E-state index is 13.9. The summed E-state index contributed by atoms with van der Waals surface area (Å²) < 4.78 is 13.9. The Morgan fingerprint density at radius 1 is 0.810 bits per heavy atom. The molecule has 0 atom stereocenters. The zero-order chi connectivity index (χ0) is 14.8. The minimum Gasteiger partial charge on any atom is -0.217 e. The van der Waals surface area contributed by atoms with E-state index in [0.717, 1.165) is 5.56 Å². The fourth-order valence-corrected chi connectivity index (χ4v) is 2.12. The Hall–Kier alpha value is -2.04. The van der Waals surface area contributed by atoms with Crippen LogP contribution >= 0.6 is 23.2 Å². The molecule has 0 aliphatic carbocycles. The van der Waals surface area contributed by atoms with Gasteiger partial charge in [-0.25, -0.2) is 19.3 Å². The number of halogens is 3. The molecule has 2 aromatic carbocycles. The van der Waals surface area contributed by atoms with Crippen LogP contribution in [0.3, 0.4) is 0 Å². The molecule has 6 heteroatoms. The summed E-state index contributed by atoms with van der Waals surface area (Å²) in [5.41, 5.74) is 1.05. The molecule has 0 aliphatic heterocycles. The van der Waals surface area contributed by atoms with Crippen molar-refractivity contribution in [2.45, 2.75) is 0 Å². The zero-order valence-electron chi connectivity index (χ0n) is 10.6. The van der Waals surface area contributed by atoms with Gasteiger partial charge in [-0.05, 0) is 42.5 Å². The van der Waals surface area contributed by atoms with Gasteiger partial charge in [0, 0.05) is 15.6 Å². The Morgan fingerprint density at radius 2 is 1.48 bits per heavy atom. The number of hydrogen-bond donors (Lipinski definition) is 0. The van der Waals surface area contributed by atoms with E-state index in [-0.39, 0.29) is 11.4 Å². The molecule has 0 N–H and O–H groups in total. The van der Waals surface area contributed by atoms with Gasteiger partial charge in [0.05, 0.1) is 5.56 Å². The van der Waals surface area contributed by atoms with E-state index in [1.54, 1.807) is 36.4 Å². The maximum absolute atomic E-state index is 13.9. The highest BCUT2D eigenvalue weighted by molar-refractivity contribution is 6.30. The van der Waals surface area contributed by atoms with Gasteiger partial charge in [0.1, 0.15) is 12.1 Å². The zero-order valence-corrected chi connectivity index (χ0v) is 12.1. The van der Waals surface area contributed by atoms with Crippen molar-refractivity contribution in [3.63, 3.8) is 0 Å². The molecule has 3 nitrogen and oxygen atoms in total. The lowest BCUT2D eigenvalue weighted by Crippen LogP contribution is -1.96. The third-order valence-electron chi connectivity index (χ3n) is 2.85. The van der Waals surface area contributed by atoms with Gasteiger partial charge in [-0.15, -0.1) is 0 Å². The van der Waals surface area contributed by atoms with Crippen molar-refractivity contribution in [1.29, 1.82) is 0 Å². The van der Waals surface area contributed by atoms with E-state index in [4.69, 9.17) is 23.2 Å². The van der Waals surface area contributed by atoms with Gasteiger partial charge in [-0.1, -0.05) is 23.2 Å². The van der Waals surface area contributed by atoms with Gasteiger partial charge in [-0.2, -0.15) is 0 Å². The van der Waals surface area contributed by atoms with Crippen LogP contribution in [-0.2, 0) is 0 Å². The number of benzene rings is 2. The molecular formula is C15H8Cl2FN3. The average molecular weight is 320 g/mol. The van der Waals surface area contributed by atoms with Gasteiger partial charge >= 0.3 is 0 Å². The van der Waals surface area contributed by atoms with Gasteiger partial charge in [-0.3, -0.25) is 0 Å². The Bertz CT molecular complexity index is 791. The minimum atomic E-state index is -0.476. The van der Waals surface area contributed by atoms with Crippen molar-refractivity contribution in [3.05, 3.63) is 64.7 Å². The highest BCUT2D eigenvalue weighted by Crippen LogP contribution is 2.24. The van der Waals surface area contributed by atoms with Crippen molar-refractivity contribution in [2.75, 3.05) is 0 Å². The lowest BCUT2D eigenvalue weighted by atomic mass is 10.2. The quantitative estimate of drug-likeness (QED) is 0.690. The fourth-order valence-electron chi connectivity index (χ4n) is 1.83. The van der Waals surface area contributed by atoms with Crippen molar-refractivity contribution < 1.29 is 4.39 Å². The lowest BCUT2D eigenvalue weighted by molar-refractivity contribution is 0.630. The van der Waals surface area contributed by atoms with E-state index in [2.05, 4.69) is 15.0 Å². The van der Waals surface area contributed by atoms with Gasteiger partial charge in [0.25, 0.3) is 0 Å². The van der Waals surface area contributed by atoms with Crippen LogP contribution in [0.2, 0.25) is 10.0 Å². The second-order valence-corrected chi connectivity index (χ2v) is 5.14. The molecule has 21 heavy (non-hydrogen) atoms. The van der Waals surface area contributed by atoms with Crippen LogP contribution in [0, 0.1) is 5.82 Å². The molecule has 0 saturated heterocycles. The standard InChI is InChI=1S/C15H8Cl2FN3/c16-10-3-1-9(2-4-10)14-19-8-20-15(21-14)12-6-5-11(17)7-13(12)18/h1-8H. The molecule has 0 unspecified atom stereocenters. The number of nitrogens with zero attached hydrogens (tertiary/aromatic N) is 3. The predicted octanol–water partition coefficient (Wildman–Crippen LogP) is 4.65. The SMILES string of the molecule is Fc1cc(Cl)ccc1-c1ncnc(-c2ccc(Cl)cc2)n1. The van der Waals surface area contributed by atoms with Crippen LogP contribution in [0.1, 0.15) is 0 Å².